The zero-order valence-electron chi connectivity index (χ0n) is 11.3. The predicted octanol–water partition coefficient (Wildman–Crippen LogP) is 2.20. The Bertz CT molecular complexity index is 944. The predicted molar refractivity (Wildman–Crippen MR) is 84.6 cm³/mol. The van der Waals surface area contributed by atoms with Crippen LogP contribution >= 0.6 is 15.9 Å². The van der Waals surface area contributed by atoms with Crippen molar-refractivity contribution in [3.63, 3.8) is 0 Å². The summed E-state index contributed by atoms with van der Waals surface area (Å²) in [4.78, 5) is 31.2. The van der Waals surface area contributed by atoms with E-state index in [-0.39, 0.29) is 17.7 Å². The van der Waals surface area contributed by atoms with Gasteiger partial charge in [-0.1, -0.05) is 12.1 Å². The molecule has 3 aromatic rings. The average molecular weight is 346 g/mol. The van der Waals surface area contributed by atoms with Crippen molar-refractivity contribution in [2.45, 2.75) is 13.5 Å². The second kappa shape index (κ2) is 5.29. The standard InChI is InChI=1S/C15H12BrN3O2/c1-9-6-10(16)7-19(15(9)21)8-13-17-12-5-3-2-4-11(12)14(20)18-13/h2-7H,8H2,1H3,(H,17,18,20). The second-order valence-electron chi connectivity index (χ2n) is 4.80. The number of hydrogen-bond acceptors (Lipinski definition) is 3. The van der Waals surface area contributed by atoms with Crippen molar-refractivity contribution in [1.29, 1.82) is 0 Å². The number of aromatic amines is 1. The van der Waals surface area contributed by atoms with Gasteiger partial charge >= 0.3 is 0 Å². The zero-order chi connectivity index (χ0) is 15.0. The molecular formula is C15H12BrN3O2. The van der Waals surface area contributed by atoms with Crippen molar-refractivity contribution >= 4 is 26.8 Å². The van der Waals surface area contributed by atoms with Crippen molar-refractivity contribution in [1.82, 2.24) is 14.5 Å². The van der Waals surface area contributed by atoms with Gasteiger partial charge in [-0.05, 0) is 41.1 Å². The normalized spacial score (nSPS) is 11.0. The molecule has 0 amide bonds. The first-order valence-electron chi connectivity index (χ1n) is 6.39. The third-order valence-electron chi connectivity index (χ3n) is 3.21. The molecule has 0 fully saturated rings. The molecule has 0 saturated heterocycles. The smallest absolute Gasteiger partial charge is 0.258 e. The molecule has 0 atom stereocenters. The maximum atomic E-state index is 12.1. The first kappa shape index (κ1) is 13.8. The van der Waals surface area contributed by atoms with Gasteiger partial charge in [0.1, 0.15) is 5.82 Å². The summed E-state index contributed by atoms with van der Waals surface area (Å²) in [6, 6.07) is 8.88. The molecule has 1 N–H and O–H groups in total. The molecule has 2 heterocycles. The molecule has 0 aliphatic carbocycles. The highest BCUT2D eigenvalue weighted by Gasteiger charge is 2.07. The Morgan fingerprint density at radius 3 is 2.86 bits per heavy atom. The van der Waals surface area contributed by atoms with Crippen LogP contribution < -0.4 is 11.1 Å². The van der Waals surface area contributed by atoms with E-state index < -0.39 is 0 Å². The number of H-pyrrole nitrogens is 1. The summed E-state index contributed by atoms with van der Waals surface area (Å²) in [7, 11) is 0. The lowest BCUT2D eigenvalue weighted by Crippen LogP contribution is -2.24. The van der Waals surface area contributed by atoms with E-state index in [1.807, 2.05) is 6.07 Å². The average Bonchev–Trinajstić information content (AvgIpc) is 2.44. The molecule has 0 unspecified atom stereocenters. The third kappa shape index (κ3) is 2.67. The van der Waals surface area contributed by atoms with E-state index in [0.717, 1.165) is 4.47 Å². The van der Waals surface area contributed by atoms with Crippen molar-refractivity contribution < 1.29 is 0 Å². The number of rotatable bonds is 2. The molecule has 0 spiro atoms. The fourth-order valence-electron chi connectivity index (χ4n) is 2.23. The molecule has 5 nitrogen and oxygen atoms in total. The maximum Gasteiger partial charge on any atom is 0.258 e. The SMILES string of the molecule is Cc1cc(Br)cn(Cc2nc3ccccc3c(=O)[nH]2)c1=O. The van der Waals surface area contributed by atoms with Crippen LogP contribution in [0.15, 0.2) is 50.6 Å². The van der Waals surface area contributed by atoms with Crippen LogP contribution in [-0.2, 0) is 6.54 Å². The van der Waals surface area contributed by atoms with Gasteiger partial charge in [0.05, 0.1) is 17.4 Å². The van der Waals surface area contributed by atoms with Crippen LogP contribution in [0.4, 0.5) is 0 Å². The molecule has 6 heteroatoms. The van der Waals surface area contributed by atoms with E-state index >= 15 is 0 Å². The van der Waals surface area contributed by atoms with E-state index in [4.69, 9.17) is 0 Å². The summed E-state index contributed by atoms with van der Waals surface area (Å²) in [6.45, 7) is 1.97. The summed E-state index contributed by atoms with van der Waals surface area (Å²) in [5, 5.41) is 0.541. The lowest BCUT2D eigenvalue weighted by molar-refractivity contribution is 0.708. The molecular weight excluding hydrogens is 334 g/mol. The molecule has 0 radical (unpaired) electrons. The lowest BCUT2D eigenvalue weighted by atomic mass is 10.2. The highest BCUT2D eigenvalue weighted by Crippen LogP contribution is 2.10. The Hall–Kier alpha value is -2.21. The van der Waals surface area contributed by atoms with Crippen molar-refractivity contribution in [2.75, 3.05) is 0 Å². The highest BCUT2D eigenvalue weighted by molar-refractivity contribution is 9.10. The van der Waals surface area contributed by atoms with Gasteiger partial charge in [-0.2, -0.15) is 0 Å². The largest absolute Gasteiger partial charge is 0.308 e. The molecule has 3 rings (SSSR count). The van der Waals surface area contributed by atoms with Gasteiger partial charge in [0.25, 0.3) is 11.1 Å². The van der Waals surface area contributed by atoms with Crippen LogP contribution in [-0.4, -0.2) is 14.5 Å². The highest BCUT2D eigenvalue weighted by atomic mass is 79.9. The van der Waals surface area contributed by atoms with Gasteiger partial charge in [-0.3, -0.25) is 9.59 Å². The topological polar surface area (TPSA) is 67.8 Å². The number of para-hydroxylation sites is 1. The van der Waals surface area contributed by atoms with Crippen LogP contribution in [0.2, 0.25) is 0 Å². The minimum absolute atomic E-state index is 0.103. The molecule has 0 aliphatic rings. The van der Waals surface area contributed by atoms with E-state index in [0.29, 0.717) is 22.3 Å². The van der Waals surface area contributed by atoms with Crippen molar-refractivity contribution in [3.8, 4) is 0 Å². The van der Waals surface area contributed by atoms with Crippen LogP contribution in [0.5, 0.6) is 0 Å². The number of fused-ring (bicyclic) bond motifs is 1. The fourth-order valence-corrected chi connectivity index (χ4v) is 2.82. The number of hydrogen-bond donors (Lipinski definition) is 1. The fraction of sp³-hybridized carbons (Fsp3) is 0.133. The van der Waals surface area contributed by atoms with Gasteiger partial charge in [-0.15, -0.1) is 0 Å². The zero-order valence-corrected chi connectivity index (χ0v) is 12.8. The Morgan fingerprint density at radius 1 is 1.29 bits per heavy atom. The number of nitrogens with zero attached hydrogens (tertiary/aromatic N) is 2. The van der Waals surface area contributed by atoms with Crippen LogP contribution in [0.3, 0.4) is 0 Å². The summed E-state index contributed by atoms with van der Waals surface area (Å²) < 4.78 is 2.33. The number of nitrogens with one attached hydrogen (secondary N) is 1. The Morgan fingerprint density at radius 2 is 2.05 bits per heavy atom. The van der Waals surface area contributed by atoms with E-state index in [1.54, 1.807) is 37.4 Å². The molecule has 1 aromatic carbocycles. The third-order valence-corrected chi connectivity index (χ3v) is 3.65. The van der Waals surface area contributed by atoms with Gasteiger partial charge in [-0.25, -0.2) is 4.98 Å². The quantitative estimate of drug-likeness (QED) is 0.774. The second-order valence-corrected chi connectivity index (χ2v) is 5.72. The number of aryl methyl sites for hydroxylation is 1. The van der Waals surface area contributed by atoms with E-state index in [9.17, 15) is 9.59 Å². The lowest BCUT2D eigenvalue weighted by Gasteiger charge is -2.08. The van der Waals surface area contributed by atoms with E-state index in [2.05, 4.69) is 25.9 Å². The number of pyridine rings is 1. The molecule has 0 bridgehead atoms. The number of aromatic nitrogens is 3. The Balaban J connectivity index is 2.11. The van der Waals surface area contributed by atoms with Crippen molar-refractivity contribution in [2.24, 2.45) is 0 Å². The molecule has 106 valence electrons. The number of halogens is 1. The van der Waals surface area contributed by atoms with Crippen LogP contribution in [0.25, 0.3) is 10.9 Å². The Labute approximate surface area is 128 Å². The van der Waals surface area contributed by atoms with Gasteiger partial charge in [0.15, 0.2) is 0 Å². The van der Waals surface area contributed by atoms with Crippen LogP contribution in [0, 0.1) is 6.92 Å². The van der Waals surface area contributed by atoms with Gasteiger partial charge < -0.3 is 9.55 Å². The summed E-state index contributed by atoms with van der Waals surface area (Å²) in [5.41, 5.74) is 0.952. The monoisotopic (exact) mass is 345 g/mol. The Kier molecular flexibility index (Phi) is 3.47. The first-order valence-corrected chi connectivity index (χ1v) is 7.18. The first-order chi connectivity index (χ1) is 10.0. The summed E-state index contributed by atoms with van der Waals surface area (Å²) >= 11 is 3.36. The minimum Gasteiger partial charge on any atom is -0.308 e. The molecule has 0 saturated carbocycles. The van der Waals surface area contributed by atoms with Crippen molar-refractivity contribution in [3.05, 3.63) is 73.1 Å². The molecule has 0 aliphatic heterocycles. The number of benzene rings is 1. The maximum absolute atomic E-state index is 12.1. The summed E-state index contributed by atoms with van der Waals surface area (Å²) in [5.74, 6) is 0.457. The van der Waals surface area contributed by atoms with Gasteiger partial charge in [0.2, 0.25) is 0 Å². The van der Waals surface area contributed by atoms with E-state index in [1.165, 1.54) is 4.57 Å². The molecule has 21 heavy (non-hydrogen) atoms. The molecule has 2 aromatic heterocycles. The summed E-state index contributed by atoms with van der Waals surface area (Å²) in [6.07, 6.45) is 1.69. The minimum atomic E-state index is -0.199. The van der Waals surface area contributed by atoms with Crippen LogP contribution in [0.1, 0.15) is 11.4 Å². The van der Waals surface area contributed by atoms with Gasteiger partial charge in [0, 0.05) is 16.2 Å².